The second kappa shape index (κ2) is 2.47. The predicted molar refractivity (Wildman–Crippen MR) is 44.1 cm³/mol. The second-order valence-corrected chi connectivity index (χ2v) is 3.80. The Morgan fingerprint density at radius 2 is 2.36 bits per heavy atom. The molecule has 1 heteroatoms. The highest BCUT2D eigenvalue weighted by atomic mass is 16.1. The van der Waals surface area contributed by atoms with Gasteiger partial charge >= 0.3 is 0 Å². The SMILES string of the molecule is C=CCC1CCC2CC2C1=O. The van der Waals surface area contributed by atoms with Gasteiger partial charge < -0.3 is 0 Å². The highest BCUT2D eigenvalue weighted by Crippen LogP contribution is 2.49. The molecule has 0 radical (unpaired) electrons. The monoisotopic (exact) mass is 150 g/mol. The molecule has 0 amide bonds. The van der Waals surface area contributed by atoms with Gasteiger partial charge in [-0.1, -0.05) is 6.08 Å². The van der Waals surface area contributed by atoms with E-state index in [0.717, 1.165) is 18.8 Å². The van der Waals surface area contributed by atoms with Gasteiger partial charge in [-0.15, -0.1) is 6.58 Å². The summed E-state index contributed by atoms with van der Waals surface area (Å²) in [6, 6.07) is 0. The van der Waals surface area contributed by atoms with Gasteiger partial charge in [-0.05, 0) is 31.6 Å². The molecule has 2 fully saturated rings. The van der Waals surface area contributed by atoms with Gasteiger partial charge in [0.2, 0.25) is 0 Å². The van der Waals surface area contributed by atoms with Crippen molar-refractivity contribution in [1.29, 1.82) is 0 Å². The number of fused-ring (bicyclic) bond motifs is 1. The molecule has 0 saturated heterocycles. The van der Waals surface area contributed by atoms with Crippen molar-refractivity contribution in [2.75, 3.05) is 0 Å². The average molecular weight is 150 g/mol. The van der Waals surface area contributed by atoms with Gasteiger partial charge in [0.15, 0.2) is 0 Å². The highest BCUT2D eigenvalue weighted by molar-refractivity contribution is 5.87. The van der Waals surface area contributed by atoms with Crippen LogP contribution in [0.5, 0.6) is 0 Å². The first-order valence-corrected chi connectivity index (χ1v) is 4.47. The molecule has 1 nitrogen and oxygen atoms in total. The normalized spacial score (nSPS) is 41.5. The van der Waals surface area contributed by atoms with Crippen LogP contribution in [0.15, 0.2) is 12.7 Å². The third-order valence-corrected chi connectivity index (χ3v) is 3.03. The Morgan fingerprint density at radius 3 is 3.09 bits per heavy atom. The number of rotatable bonds is 2. The van der Waals surface area contributed by atoms with Crippen LogP contribution in [-0.2, 0) is 4.79 Å². The van der Waals surface area contributed by atoms with E-state index >= 15 is 0 Å². The maximum absolute atomic E-state index is 11.5. The van der Waals surface area contributed by atoms with E-state index in [9.17, 15) is 4.79 Å². The molecular weight excluding hydrogens is 136 g/mol. The van der Waals surface area contributed by atoms with Crippen molar-refractivity contribution >= 4 is 5.78 Å². The minimum atomic E-state index is 0.330. The van der Waals surface area contributed by atoms with Crippen molar-refractivity contribution < 1.29 is 4.79 Å². The topological polar surface area (TPSA) is 17.1 Å². The second-order valence-electron chi connectivity index (χ2n) is 3.80. The summed E-state index contributed by atoms with van der Waals surface area (Å²) in [5.41, 5.74) is 0. The van der Waals surface area contributed by atoms with E-state index in [2.05, 4.69) is 6.58 Å². The van der Waals surface area contributed by atoms with Crippen LogP contribution in [0.1, 0.15) is 25.7 Å². The summed E-state index contributed by atoms with van der Waals surface area (Å²) in [6.45, 7) is 3.68. The van der Waals surface area contributed by atoms with Crippen LogP contribution in [0.3, 0.4) is 0 Å². The fourth-order valence-electron chi connectivity index (χ4n) is 2.21. The van der Waals surface area contributed by atoms with Crippen LogP contribution in [0, 0.1) is 17.8 Å². The molecule has 3 unspecified atom stereocenters. The lowest BCUT2D eigenvalue weighted by Crippen LogP contribution is -2.20. The minimum Gasteiger partial charge on any atom is -0.299 e. The molecule has 0 aromatic heterocycles. The van der Waals surface area contributed by atoms with E-state index in [1.54, 1.807) is 0 Å². The van der Waals surface area contributed by atoms with Crippen molar-refractivity contribution in [2.45, 2.75) is 25.7 Å². The molecule has 0 spiro atoms. The summed E-state index contributed by atoms with van der Waals surface area (Å²) in [5, 5.41) is 0. The fraction of sp³-hybridized carbons (Fsp3) is 0.700. The molecule has 0 aliphatic heterocycles. The van der Waals surface area contributed by atoms with E-state index in [-0.39, 0.29) is 0 Å². The van der Waals surface area contributed by atoms with E-state index in [1.165, 1.54) is 12.8 Å². The molecule has 0 N–H and O–H groups in total. The number of carbonyl (C=O) groups excluding carboxylic acids is 1. The van der Waals surface area contributed by atoms with Crippen molar-refractivity contribution in [3.05, 3.63) is 12.7 Å². The average Bonchev–Trinajstić information content (AvgIpc) is 2.75. The predicted octanol–water partition coefficient (Wildman–Crippen LogP) is 2.18. The summed E-state index contributed by atoms with van der Waals surface area (Å²) in [5.74, 6) is 2.11. The first-order valence-electron chi connectivity index (χ1n) is 4.47. The van der Waals surface area contributed by atoms with Crippen molar-refractivity contribution in [1.82, 2.24) is 0 Å². The molecule has 0 heterocycles. The molecule has 60 valence electrons. The Kier molecular flexibility index (Phi) is 1.59. The minimum absolute atomic E-state index is 0.330. The zero-order valence-electron chi connectivity index (χ0n) is 6.75. The number of carbonyl (C=O) groups is 1. The molecule has 2 aliphatic carbocycles. The lowest BCUT2D eigenvalue weighted by atomic mass is 9.86. The summed E-state index contributed by atoms with van der Waals surface area (Å²) < 4.78 is 0. The smallest absolute Gasteiger partial charge is 0.139 e. The van der Waals surface area contributed by atoms with Gasteiger partial charge in [0.1, 0.15) is 5.78 Å². The largest absolute Gasteiger partial charge is 0.299 e. The van der Waals surface area contributed by atoms with E-state index < -0.39 is 0 Å². The molecule has 2 rings (SSSR count). The number of Topliss-reactive ketones (excluding diaryl/α,β-unsaturated/α-hetero) is 1. The van der Waals surface area contributed by atoms with Crippen LogP contribution in [0.2, 0.25) is 0 Å². The Bertz CT molecular complexity index is 195. The molecule has 2 aliphatic rings. The zero-order chi connectivity index (χ0) is 7.84. The standard InChI is InChI=1S/C10H14O/c1-2-3-7-4-5-8-6-9(8)10(7)11/h2,7-9H,1,3-6H2. The summed E-state index contributed by atoms with van der Waals surface area (Å²) in [4.78, 5) is 11.5. The lowest BCUT2D eigenvalue weighted by molar-refractivity contribution is -0.125. The maximum Gasteiger partial charge on any atom is 0.139 e. The van der Waals surface area contributed by atoms with Crippen molar-refractivity contribution in [3.63, 3.8) is 0 Å². The molecule has 0 bridgehead atoms. The van der Waals surface area contributed by atoms with Gasteiger partial charge in [-0.25, -0.2) is 0 Å². The first-order chi connectivity index (χ1) is 5.33. The Labute approximate surface area is 67.5 Å². The Hall–Kier alpha value is -0.590. The van der Waals surface area contributed by atoms with E-state index in [0.29, 0.717) is 17.6 Å². The molecule has 2 saturated carbocycles. The third kappa shape index (κ3) is 1.13. The lowest BCUT2D eigenvalue weighted by Gasteiger charge is -2.17. The highest BCUT2D eigenvalue weighted by Gasteiger charge is 2.48. The molecular formula is C10H14O. The van der Waals surface area contributed by atoms with E-state index in [1.807, 2.05) is 6.08 Å². The van der Waals surface area contributed by atoms with Crippen LogP contribution in [0.4, 0.5) is 0 Å². The summed E-state index contributed by atoms with van der Waals surface area (Å²) in [7, 11) is 0. The number of hydrogen-bond donors (Lipinski definition) is 0. The molecule has 11 heavy (non-hydrogen) atoms. The van der Waals surface area contributed by atoms with Gasteiger partial charge in [-0.2, -0.15) is 0 Å². The third-order valence-electron chi connectivity index (χ3n) is 3.03. The first kappa shape index (κ1) is 7.08. The van der Waals surface area contributed by atoms with Gasteiger partial charge in [0.05, 0.1) is 0 Å². The number of allylic oxidation sites excluding steroid dienone is 1. The van der Waals surface area contributed by atoms with Crippen molar-refractivity contribution in [3.8, 4) is 0 Å². The van der Waals surface area contributed by atoms with E-state index in [4.69, 9.17) is 0 Å². The van der Waals surface area contributed by atoms with Crippen LogP contribution >= 0.6 is 0 Å². The zero-order valence-corrected chi connectivity index (χ0v) is 6.75. The maximum atomic E-state index is 11.5. The Morgan fingerprint density at radius 1 is 1.55 bits per heavy atom. The Balaban J connectivity index is 1.99. The molecule has 3 atom stereocenters. The van der Waals surface area contributed by atoms with Crippen molar-refractivity contribution in [2.24, 2.45) is 17.8 Å². The van der Waals surface area contributed by atoms with Gasteiger partial charge in [0, 0.05) is 11.8 Å². The fourth-order valence-corrected chi connectivity index (χ4v) is 2.21. The summed E-state index contributed by atoms with van der Waals surface area (Å²) in [6.07, 6.45) is 6.38. The van der Waals surface area contributed by atoms with Gasteiger partial charge in [-0.3, -0.25) is 4.79 Å². The molecule has 0 aromatic carbocycles. The van der Waals surface area contributed by atoms with Crippen LogP contribution in [-0.4, -0.2) is 5.78 Å². The quantitative estimate of drug-likeness (QED) is 0.551. The number of hydrogen-bond acceptors (Lipinski definition) is 1. The van der Waals surface area contributed by atoms with Crippen LogP contribution in [0.25, 0.3) is 0 Å². The molecule has 0 aromatic rings. The summed E-state index contributed by atoms with van der Waals surface area (Å²) >= 11 is 0. The number of ketones is 1. The van der Waals surface area contributed by atoms with Crippen LogP contribution < -0.4 is 0 Å². The van der Waals surface area contributed by atoms with Gasteiger partial charge in [0.25, 0.3) is 0 Å².